The molecule has 1 aliphatic heterocycles. The standard InChI is InChI=1S/C11H18N2O2/c1-3-6-13-11(14)9(2)15-10-5-4-7-12-8-10/h1,9-10,12H,4-8H2,2H3,(H,13,14). The SMILES string of the molecule is C#CCNC(=O)C(C)OC1CCCNC1. The molecule has 0 aromatic rings. The molecule has 1 amide bonds. The van der Waals surface area contributed by atoms with E-state index in [0.29, 0.717) is 0 Å². The Kier molecular flexibility index (Phi) is 5.16. The highest BCUT2D eigenvalue weighted by Crippen LogP contribution is 2.08. The molecule has 15 heavy (non-hydrogen) atoms. The average molecular weight is 210 g/mol. The molecule has 0 aliphatic carbocycles. The van der Waals surface area contributed by atoms with Gasteiger partial charge in [-0.1, -0.05) is 5.92 Å². The van der Waals surface area contributed by atoms with Crippen LogP contribution < -0.4 is 10.6 Å². The topological polar surface area (TPSA) is 50.4 Å². The second-order valence-electron chi connectivity index (χ2n) is 3.67. The molecule has 2 atom stereocenters. The highest BCUT2D eigenvalue weighted by molar-refractivity contribution is 5.80. The minimum atomic E-state index is -0.428. The van der Waals surface area contributed by atoms with Crippen LogP contribution in [0.4, 0.5) is 0 Å². The molecule has 0 aromatic carbocycles. The van der Waals surface area contributed by atoms with Gasteiger partial charge in [0.2, 0.25) is 5.91 Å². The van der Waals surface area contributed by atoms with E-state index in [0.717, 1.165) is 25.9 Å². The van der Waals surface area contributed by atoms with Crippen molar-refractivity contribution in [3.05, 3.63) is 0 Å². The molecule has 84 valence electrons. The number of carbonyl (C=O) groups excluding carboxylic acids is 1. The van der Waals surface area contributed by atoms with Crippen molar-refractivity contribution < 1.29 is 9.53 Å². The normalized spacial score (nSPS) is 22.8. The molecule has 1 aliphatic rings. The molecule has 1 fully saturated rings. The fourth-order valence-corrected chi connectivity index (χ4v) is 1.57. The number of rotatable bonds is 4. The molecule has 0 saturated carbocycles. The number of nitrogens with one attached hydrogen (secondary N) is 2. The number of piperidine rings is 1. The summed E-state index contributed by atoms with van der Waals surface area (Å²) in [7, 11) is 0. The number of hydrogen-bond donors (Lipinski definition) is 2. The Balaban J connectivity index is 2.24. The van der Waals surface area contributed by atoms with E-state index in [1.807, 2.05) is 0 Å². The Morgan fingerprint density at radius 1 is 1.80 bits per heavy atom. The van der Waals surface area contributed by atoms with Gasteiger partial charge in [0.1, 0.15) is 6.10 Å². The van der Waals surface area contributed by atoms with Crippen LogP contribution in [0.15, 0.2) is 0 Å². The van der Waals surface area contributed by atoms with Crippen LogP contribution in [0.3, 0.4) is 0 Å². The third-order valence-corrected chi connectivity index (χ3v) is 2.38. The van der Waals surface area contributed by atoms with Gasteiger partial charge in [-0.15, -0.1) is 6.42 Å². The van der Waals surface area contributed by atoms with Gasteiger partial charge in [0.25, 0.3) is 0 Å². The van der Waals surface area contributed by atoms with E-state index in [9.17, 15) is 4.79 Å². The number of amides is 1. The molecule has 0 spiro atoms. The second kappa shape index (κ2) is 6.44. The van der Waals surface area contributed by atoms with Gasteiger partial charge < -0.3 is 15.4 Å². The van der Waals surface area contributed by atoms with Gasteiger partial charge in [-0.2, -0.15) is 0 Å². The number of ether oxygens (including phenoxy) is 1. The zero-order valence-corrected chi connectivity index (χ0v) is 9.08. The predicted molar refractivity (Wildman–Crippen MR) is 58.3 cm³/mol. The fourth-order valence-electron chi connectivity index (χ4n) is 1.57. The lowest BCUT2D eigenvalue weighted by Crippen LogP contribution is -2.42. The molecule has 2 unspecified atom stereocenters. The third-order valence-electron chi connectivity index (χ3n) is 2.38. The molecule has 1 saturated heterocycles. The van der Waals surface area contributed by atoms with Crippen molar-refractivity contribution in [2.75, 3.05) is 19.6 Å². The first-order valence-electron chi connectivity index (χ1n) is 5.31. The quantitative estimate of drug-likeness (QED) is 0.637. The maximum atomic E-state index is 11.4. The average Bonchev–Trinajstić information content (AvgIpc) is 2.27. The number of terminal acetylenes is 1. The smallest absolute Gasteiger partial charge is 0.249 e. The van der Waals surface area contributed by atoms with Gasteiger partial charge in [0.15, 0.2) is 0 Å². The molecule has 0 bridgehead atoms. The number of carbonyl (C=O) groups is 1. The van der Waals surface area contributed by atoms with Crippen LogP contribution in [0.5, 0.6) is 0 Å². The zero-order chi connectivity index (χ0) is 11.1. The fraction of sp³-hybridized carbons (Fsp3) is 0.727. The third kappa shape index (κ3) is 4.32. The molecule has 2 N–H and O–H groups in total. The summed E-state index contributed by atoms with van der Waals surface area (Å²) in [4.78, 5) is 11.4. The summed E-state index contributed by atoms with van der Waals surface area (Å²) in [6.45, 7) is 3.88. The van der Waals surface area contributed by atoms with Crippen LogP contribution in [-0.4, -0.2) is 37.7 Å². The summed E-state index contributed by atoms with van der Waals surface area (Å²) in [5, 5.41) is 5.83. The number of hydrogen-bond acceptors (Lipinski definition) is 3. The summed E-state index contributed by atoms with van der Waals surface area (Å²) in [5.41, 5.74) is 0. The van der Waals surface area contributed by atoms with Crippen LogP contribution in [0, 0.1) is 12.3 Å². The Labute approximate surface area is 90.8 Å². The monoisotopic (exact) mass is 210 g/mol. The van der Waals surface area contributed by atoms with Gasteiger partial charge in [-0.3, -0.25) is 4.79 Å². The van der Waals surface area contributed by atoms with Gasteiger partial charge in [0, 0.05) is 6.54 Å². The summed E-state index contributed by atoms with van der Waals surface area (Å²) in [6.07, 6.45) is 6.88. The van der Waals surface area contributed by atoms with E-state index in [4.69, 9.17) is 11.2 Å². The largest absolute Gasteiger partial charge is 0.364 e. The summed E-state index contributed by atoms with van der Waals surface area (Å²) >= 11 is 0. The van der Waals surface area contributed by atoms with Crippen LogP contribution in [0.1, 0.15) is 19.8 Å². The summed E-state index contributed by atoms with van der Waals surface area (Å²) < 4.78 is 5.61. The maximum absolute atomic E-state index is 11.4. The van der Waals surface area contributed by atoms with E-state index < -0.39 is 6.10 Å². The van der Waals surface area contributed by atoms with Crippen molar-refractivity contribution in [1.29, 1.82) is 0 Å². The Morgan fingerprint density at radius 2 is 2.60 bits per heavy atom. The molecule has 4 heteroatoms. The van der Waals surface area contributed by atoms with Crippen molar-refractivity contribution >= 4 is 5.91 Å². The van der Waals surface area contributed by atoms with Gasteiger partial charge in [-0.25, -0.2) is 0 Å². The van der Waals surface area contributed by atoms with Gasteiger partial charge in [-0.05, 0) is 26.3 Å². The molecule has 0 radical (unpaired) electrons. The molecule has 4 nitrogen and oxygen atoms in total. The molecular weight excluding hydrogens is 192 g/mol. The lowest BCUT2D eigenvalue weighted by molar-refractivity contribution is -0.135. The van der Waals surface area contributed by atoms with Gasteiger partial charge >= 0.3 is 0 Å². The van der Waals surface area contributed by atoms with Crippen LogP contribution >= 0.6 is 0 Å². The predicted octanol–water partition coefficient (Wildman–Crippen LogP) is -0.107. The highest BCUT2D eigenvalue weighted by atomic mass is 16.5. The van der Waals surface area contributed by atoms with E-state index in [1.165, 1.54) is 0 Å². The van der Waals surface area contributed by atoms with Crippen LogP contribution in [0.25, 0.3) is 0 Å². The molecule has 1 heterocycles. The Hall–Kier alpha value is -1.05. The highest BCUT2D eigenvalue weighted by Gasteiger charge is 2.20. The molecular formula is C11H18N2O2. The summed E-state index contributed by atoms with van der Waals surface area (Å²) in [6, 6.07) is 0. The lowest BCUT2D eigenvalue weighted by Gasteiger charge is -2.25. The summed E-state index contributed by atoms with van der Waals surface area (Å²) in [5.74, 6) is 2.22. The first-order valence-corrected chi connectivity index (χ1v) is 5.31. The van der Waals surface area contributed by atoms with Crippen molar-refractivity contribution in [1.82, 2.24) is 10.6 Å². The first-order chi connectivity index (χ1) is 7.24. The van der Waals surface area contributed by atoms with Crippen LogP contribution in [0.2, 0.25) is 0 Å². The lowest BCUT2D eigenvalue weighted by atomic mass is 10.1. The first kappa shape index (κ1) is 12.0. The van der Waals surface area contributed by atoms with E-state index in [1.54, 1.807) is 6.92 Å². The van der Waals surface area contributed by atoms with Crippen molar-refractivity contribution in [2.24, 2.45) is 0 Å². The minimum absolute atomic E-state index is 0.140. The van der Waals surface area contributed by atoms with Crippen molar-refractivity contribution in [3.63, 3.8) is 0 Å². The van der Waals surface area contributed by atoms with Crippen molar-refractivity contribution in [3.8, 4) is 12.3 Å². The van der Waals surface area contributed by atoms with Crippen LogP contribution in [-0.2, 0) is 9.53 Å². The Morgan fingerprint density at radius 3 is 3.20 bits per heavy atom. The van der Waals surface area contributed by atoms with E-state index in [2.05, 4.69) is 16.6 Å². The zero-order valence-electron chi connectivity index (χ0n) is 9.08. The maximum Gasteiger partial charge on any atom is 0.249 e. The molecule has 1 rings (SSSR count). The van der Waals surface area contributed by atoms with Gasteiger partial charge in [0.05, 0.1) is 12.6 Å². The van der Waals surface area contributed by atoms with Crippen molar-refractivity contribution in [2.45, 2.75) is 32.0 Å². The van der Waals surface area contributed by atoms with E-state index in [-0.39, 0.29) is 18.6 Å². The minimum Gasteiger partial charge on any atom is -0.364 e. The Bertz CT molecular complexity index is 241. The second-order valence-corrected chi connectivity index (χ2v) is 3.67. The van der Waals surface area contributed by atoms with E-state index >= 15 is 0 Å². The molecule has 0 aromatic heterocycles.